The average molecular weight is 390 g/mol. The minimum absolute atomic E-state index is 0.0786. The fourth-order valence-corrected chi connectivity index (χ4v) is 2.92. The first-order valence-corrected chi connectivity index (χ1v) is 7.39. The summed E-state index contributed by atoms with van der Waals surface area (Å²) in [6, 6.07) is 17.3. The van der Waals surface area contributed by atoms with Gasteiger partial charge in [-0.25, -0.2) is 4.79 Å². The Labute approximate surface area is 135 Å². The van der Waals surface area contributed by atoms with E-state index >= 15 is 0 Å². The number of halogens is 1. The van der Waals surface area contributed by atoms with Crippen LogP contribution in [0.25, 0.3) is 21.9 Å². The van der Waals surface area contributed by atoms with Crippen molar-refractivity contribution in [1.29, 1.82) is 0 Å². The van der Waals surface area contributed by atoms with Crippen LogP contribution in [0.2, 0.25) is 0 Å². The molecule has 104 valence electrons. The third kappa shape index (κ3) is 2.58. The minimum Gasteiger partial charge on any atom is -0.506 e. The number of carbonyl (C=O) groups is 1. The van der Waals surface area contributed by atoms with Gasteiger partial charge in [-0.3, -0.25) is 0 Å². The Balaban J connectivity index is 2.20. The fraction of sp³-hybridized carbons (Fsp3) is 0. The number of phenols is 1. The summed E-state index contributed by atoms with van der Waals surface area (Å²) in [5, 5.41) is 21.2. The van der Waals surface area contributed by atoms with Crippen molar-refractivity contribution in [2.24, 2.45) is 0 Å². The Bertz CT molecular complexity index is 856. The van der Waals surface area contributed by atoms with Gasteiger partial charge in [0.2, 0.25) is 0 Å². The summed E-state index contributed by atoms with van der Waals surface area (Å²) < 4.78 is 0.524. The largest absolute Gasteiger partial charge is 0.506 e. The molecule has 3 aromatic rings. The third-order valence-corrected chi connectivity index (χ3v) is 4.20. The van der Waals surface area contributed by atoms with E-state index in [1.54, 1.807) is 6.07 Å². The number of rotatable bonds is 2. The molecule has 0 heterocycles. The standard InChI is InChI=1S/C17H11IO3/c18-15-9-13(8-14(16(15)19)17(20)21)12-6-5-10-3-1-2-4-11(10)7-12/h1-9,19H,(H,20,21). The highest BCUT2D eigenvalue weighted by molar-refractivity contribution is 14.1. The first kappa shape index (κ1) is 13.9. The van der Waals surface area contributed by atoms with E-state index in [-0.39, 0.29) is 11.3 Å². The summed E-state index contributed by atoms with van der Waals surface area (Å²) in [5.74, 6) is -1.32. The Kier molecular flexibility index (Phi) is 3.55. The van der Waals surface area contributed by atoms with Crippen LogP contribution >= 0.6 is 22.6 Å². The van der Waals surface area contributed by atoms with Gasteiger partial charge in [0.15, 0.2) is 0 Å². The minimum atomic E-state index is -1.13. The first-order valence-electron chi connectivity index (χ1n) is 6.31. The van der Waals surface area contributed by atoms with Crippen molar-refractivity contribution in [1.82, 2.24) is 0 Å². The van der Waals surface area contributed by atoms with Gasteiger partial charge >= 0.3 is 5.97 Å². The SMILES string of the molecule is O=C(O)c1cc(-c2ccc3ccccc3c2)cc(I)c1O. The molecule has 0 fully saturated rings. The summed E-state index contributed by atoms with van der Waals surface area (Å²) in [6.07, 6.45) is 0. The molecule has 0 bridgehead atoms. The maximum absolute atomic E-state index is 11.2. The maximum atomic E-state index is 11.2. The molecular formula is C17H11IO3. The molecule has 0 saturated heterocycles. The Morgan fingerprint density at radius 3 is 2.33 bits per heavy atom. The lowest BCUT2D eigenvalue weighted by Gasteiger charge is -2.08. The van der Waals surface area contributed by atoms with E-state index in [4.69, 9.17) is 5.11 Å². The zero-order valence-electron chi connectivity index (χ0n) is 10.9. The van der Waals surface area contributed by atoms with E-state index < -0.39 is 5.97 Å². The van der Waals surface area contributed by atoms with E-state index in [2.05, 4.69) is 0 Å². The molecular weight excluding hydrogens is 379 g/mol. The molecule has 0 atom stereocenters. The lowest BCUT2D eigenvalue weighted by atomic mass is 9.99. The molecule has 0 aliphatic carbocycles. The Morgan fingerprint density at radius 1 is 0.905 bits per heavy atom. The van der Waals surface area contributed by atoms with Gasteiger partial charge in [-0.1, -0.05) is 36.4 Å². The average Bonchev–Trinajstić information content (AvgIpc) is 2.49. The molecule has 0 saturated carbocycles. The molecule has 0 amide bonds. The molecule has 0 aliphatic heterocycles. The number of benzene rings is 3. The van der Waals surface area contributed by atoms with E-state index in [0.29, 0.717) is 3.57 Å². The maximum Gasteiger partial charge on any atom is 0.339 e. The second kappa shape index (κ2) is 5.37. The lowest BCUT2D eigenvalue weighted by Crippen LogP contribution is -1.98. The molecule has 0 aromatic heterocycles. The molecule has 0 unspecified atom stereocenters. The molecule has 0 radical (unpaired) electrons. The molecule has 3 nitrogen and oxygen atoms in total. The second-order valence-corrected chi connectivity index (χ2v) is 5.88. The van der Waals surface area contributed by atoms with Crippen molar-refractivity contribution in [3.05, 3.63) is 63.7 Å². The van der Waals surface area contributed by atoms with Gasteiger partial charge in [0.05, 0.1) is 3.57 Å². The first-order chi connectivity index (χ1) is 10.1. The molecule has 0 aliphatic rings. The highest BCUT2D eigenvalue weighted by Crippen LogP contribution is 2.32. The number of hydrogen-bond acceptors (Lipinski definition) is 2. The molecule has 21 heavy (non-hydrogen) atoms. The highest BCUT2D eigenvalue weighted by atomic mass is 127. The lowest BCUT2D eigenvalue weighted by molar-refractivity contribution is 0.0693. The summed E-state index contributed by atoms with van der Waals surface area (Å²) in [5.41, 5.74) is 1.62. The van der Waals surface area contributed by atoms with E-state index in [0.717, 1.165) is 21.9 Å². The third-order valence-electron chi connectivity index (χ3n) is 3.38. The van der Waals surface area contributed by atoms with Gasteiger partial charge in [-0.05, 0) is 62.7 Å². The van der Waals surface area contributed by atoms with Gasteiger partial charge in [-0.15, -0.1) is 0 Å². The normalized spacial score (nSPS) is 10.7. The van der Waals surface area contributed by atoms with Crippen LogP contribution in [-0.2, 0) is 0 Å². The van der Waals surface area contributed by atoms with Crippen LogP contribution < -0.4 is 0 Å². The van der Waals surface area contributed by atoms with Crippen molar-refractivity contribution in [3.63, 3.8) is 0 Å². The van der Waals surface area contributed by atoms with Crippen molar-refractivity contribution in [2.45, 2.75) is 0 Å². The molecule has 0 spiro atoms. The van der Waals surface area contributed by atoms with Gasteiger partial charge in [0, 0.05) is 0 Å². The number of carboxylic acid groups (broad SMARTS) is 1. The zero-order chi connectivity index (χ0) is 15.0. The number of fused-ring (bicyclic) bond motifs is 1. The molecule has 2 N–H and O–H groups in total. The molecule has 3 rings (SSSR count). The number of hydrogen-bond donors (Lipinski definition) is 2. The fourth-order valence-electron chi connectivity index (χ4n) is 2.30. The van der Waals surface area contributed by atoms with Crippen LogP contribution in [0.4, 0.5) is 0 Å². The number of aromatic hydroxyl groups is 1. The van der Waals surface area contributed by atoms with Crippen LogP contribution in [0.5, 0.6) is 5.75 Å². The Morgan fingerprint density at radius 2 is 1.62 bits per heavy atom. The van der Waals surface area contributed by atoms with E-state index in [1.807, 2.05) is 65.1 Å². The predicted octanol–water partition coefficient (Wildman–Crippen LogP) is 4.52. The number of carboxylic acids is 1. The highest BCUT2D eigenvalue weighted by Gasteiger charge is 2.15. The quantitative estimate of drug-likeness (QED) is 0.633. The van der Waals surface area contributed by atoms with Crippen LogP contribution in [-0.4, -0.2) is 16.2 Å². The second-order valence-electron chi connectivity index (χ2n) is 4.72. The van der Waals surface area contributed by atoms with Crippen molar-refractivity contribution in [2.75, 3.05) is 0 Å². The summed E-state index contributed by atoms with van der Waals surface area (Å²) in [6.45, 7) is 0. The van der Waals surface area contributed by atoms with Gasteiger partial charge in [0.25, 0.3) is 0 Å². The monoisotopic (exact) mass is 390 g/mol. The summed E-state index contributed by atoms with van der Waals surface area (Å²) in [4.78, 5) is 11.2. The smallest absolute Gasteiger partial charge is 0.339 e. The Hall–Kier alpha value is -2.08. The van der Waals surface area contributed by atoms with Crippen LogP contribution in [0.15, 0.2) is 54.6 Å². The van der Waals surface area contributed by atoms with E-state index in [9.17, 15) is 9.90 Å². The van der Waals surface area contributed by atoms with Crippen LogP contribution in [0.3, 0.4) is 0 Å². The van der Waals surface area contributed by atoms with Crippen LogP contribution in [0, 0.1) is 3.57 Å². The van der Waals surface area contributed by atoms with Crippen molar-refractivity contribution < 1.29 is 15.0 Å². The predicted molar refractivity (Wildman–Crippen MR) is 90.7 cm³/mol. The van der Waals surface area contributed by atoms with Gasteiger partial charge < -0.3 is 10.2 Å². The number of aromatic carboxylic acids is 1. The van der Waals surface area contributed by atoms with Gasteiger partial charge in [-0.2, -0.15) is 0 Å². The summed E-state index contributed by atoms with van der Waals surface area (Å²) in [7, 11) is 0. The van der Waals surface area contributed by atoms with E-state index in [1.165, 1.54) is 6.07 Å². The van der Waals surface area contributed by atoms with Gasteiger partial charge in [0.1, 0.15) is 11.3 Å². The van der Waals surface area contributed by atoms with Crippen molar-refractivity contribution in [3.8, 4) is 16.9 Å². The zero-order valence-corrected chi connectivity index (χ0v) is 13.0. The topological polar surface area (TPSA) is 57.5 Å². The summed E-state index contributed by atoms with van der Waals surface area (Å²) >= 11 is 1.94. The van der Waals surface area contributed by atoms with Crippen LogP contribution in [0.1, 0.15) is 10.4 Å². The molecule has 4 heteroatoms. The molecule has 3 aromatic carbocycles. The van der Waals surface area contributed by atoms with Crippen molar-refractivity contribution >= 4 is 39.3 Å².